The highest BCUT2D eigenvalue weighted by Gasteiger charge is 2.38. The van der Waals surface area contributed by atoms with Gasteiger partial charge in [-0.2, -0.15) is 0 Å². The first-order valence-corrected chi connectivity index (χ1v) is 7.81. The van der Waals surface area contributed by atoms with Gasteiger partial charge < -0.3 is 4.42 Å². The van der Waals surface area contributed by atoms with Gasteiger partial charge in [0, 0.05) is 11.6 Å². The number of aromatic nitrogens is 1. The molecule has 1 fully saturated rings. The average molecular weight is 355 g/mol. The second-order valence-corrected chi connectivity index (χ2v) is 6.58. The maximum absolute atomic E-state index is 12.3. The quantitative estimate of drug-likeness (QED) is 0.830. The van der Waals surface area contributed by atoms with Gasteiger partial charge in [0.15, 0.2) is 10.5 Å². The second kappa shape index (κ2) is 5.07. The van der Waals surface area contributed by atoms with Crippen molar-refractivity contribution in [2.24, 2.45) is 0 Å². The van der Waals surface area contributed by atoms with Crippen LogP contribution < -0.4 is 0 Å². The molecule has 4 nitrogen and oxygen atoms in total. The molecule has 2 aromatic rings. The van der Waals surface area contributed by atoms with Crippen LogP contribution in [0.25, 0.3) is 6.08 Å². The zero-order valence-electron chi connectivity index (χ0n) is 9.42. The van der Waals surface area contributed by atoms with Crippen LogP contribution in [0.4, 0.5) is 0 Å². The fourth-order valence-corrected chi connectivity index (χ4v) is 3.83. The lowest BCUT2D eigenvalue weighted by atomic mass is 10.1. The fourth-order valence-electron chi connectivity index (χ4n) is 1.73. The lowest BCUT2D eigenvalue weighted by Gasteiger charge is -2.01. The smallest absolute Gasteiger partial charge is 0.186 e. The molecule has 1 N–H and O–H groups in total. The molecule has 3 rings (SSSR count). The number of nitrogens with one attached hydrogen (secondary N) is 1. The van der Waals surface area contributed by atoms with Gasteiger partial charge in [-0.3, -0.25) is 10.2 Å². The molecule has 19 heavy (non-hydrogen) atoms. The normalized spacial score (nSPS) is 21.5. The summed E-state index contributed by atoms with van der Waals surface area (Å²) >= 11 is 5.78. The summed E-state index contributed by atoms with van der Waals surface area (Å²) in [5, 5.41) is 10.7. The van der Waals surface area contributed by atoms with E-state index in [2.05, 4.69) is 20.9 Å². The molecule has 0 unspecified atom stereocenters. The first-order valence-electron chi connectivity index (χ1n) is 5.32. The number of nitrogens with zero attached hydrogens (tertiary/aromatic N) is 1. The molecule has 1 saturated heterocycles. The van der Waals surface area contributed by atoms with Gasteiger partial charge >= 0.3 is 0 Å². The fraction of sp³-hybridized carbons (Fsp3) is 0.0833. The Kier molecular flexibility index (Phi) is 3.42. The number of thiazole rings is 1. The summed E-state index contributed by atoms with van der Waals surface area (Å²) in [5.74, 6) is -0.0394. The van der Waals surface area contributed by atoms with Crippen molar-refractivity contribution in [1.82, 2.24) is 4.98 Å². The van der Waals surface area contributed by atoms with E-state index in [4.69, 9.17) is 9.83 Å². The molecule has 2 aromatic heterocycles. The van der Waals surface area contributed by atoms with E-state index in [0.717, 1.165) is 0 Å². The number of hydrogen-bond donors (Lipinski definition) is 1. The van der Waals surface area contributed by atoms with E-state index in [1.54, 1.807) is 24.4 Å². The molecular weight excluding hydrogens is 348 g/mol. The monoisotopic (exact) mass is 354 g/mol. The number of thioether (sulfide) groups is 1. The summed E-state index contributed by atoms with van der Waals surface area (Å²) < 4.78 is 5.96. The number of Topliss-reactive ketones (excluding diaryl/α,β-unsaturated/α-hetero) is 1. The van der Waals surface area contributed by atoms with Crippen LogP contribution in [0, 0.1) is 5.41 Å². The predicted molar refractivity (Wildman–Crippen MR) is 79.6 cm³/mol. The van der Waals surface area contributed by atoms with Gasteiger partial charge in [-0.1, -0.05) is 11.8 Å². The van der Waals surface area contributed by atoms with Gasteiger partial charge in [0.2, 0.25) is 0 Å². The summed E-state index contributed by atoms with van der Waals surface area (Å²) in [7, 11) is 0. The molecule has 0 aromatic carbocycles. The Morgan fingerprint density at radius 1 is 1.47 bits per heavy atom. The number of ketones is 1. The number of carbonyl (C=O) groups excluding carboxylic acids is 1. The molecule has 1 atom stereocenters. The molecule has 0 aliphatic carbocycles. The van der Waals surface area contributed by atoms with Crippen molar-refractivity contribution in [3.63, 3.8) is 0 Å². The van der Waals surface area contributed by atoms with E-state index in [9.17, 15) is 4.79 Å². The Hall–Kier alpha value is -1.18. The van der Waals surface area contributed by atoms with Crippen LogP contribution in [0.3, 0.4) is 0 Å². The van der Waals surface area contributed by atoms with Crippen molar-refractivity contribution in [1.29, 1.82) is 5.41 Å². The molecule has 7 heteroatoms. The highest BCUT2D eigenvalue weighted by molar-refractivity contribution is 9.10. The van der Waals surface area contributed by atoms with Gasteiger partial charge in [0.1, 0.15) is 16.7 Å². The number of halogens is 1. The van der Waals surface area contributed by atoms with Crippen molar-refractivity contribution >= 4 is 55.9 Å². The van der Waals surface area contributed by atoms with Gasteiger partial charge in [-0.25, -0.2) is 4.98 Å². The van der Waals surface area contributed by atoms with Gasteiger partial charge in [-0.05, 0) is 34.1 Å². The van der Waals surface area contributed by atoms with E-state index in [0.29, 0.717) is 25.4 Å². The summed E-state index contributed by atoms with van der Waals surface area (Å²) in [4.78, 5) is 17.0. The maximum Gasteiger partial charge on any atom is 0.186 e. The largest absolute Gasteiger partial charge is 0.450 e. The zero-order valence-corrected chi connectivity index (χ0v) is 12.6. The van der Waals surface area contributed by atoms with E-state index >= 15 is 0 Å². The third-order valence-corrected chi connectivity index (χ3v) is 4.81. The Balaban J connectivity index is 1.93. The SMILES string of the molecule is N=C1S/C(=C\c2ccc(Br)o2)C(=O)[C@@H]1c1nccs1. The minimum absolute atomic E-state index is 0.0857. The molecule has 3 heterocycles. The molecule has 0 amide bonds. The number of carbonyl (C=O) groups is 1. The minimum Gasteiger partial charge on any atom is -0.450 e. The van der Waals surface area contributed by atoms with Crippen LogP contribution in [0.15, 0.2) is 37.7 Å². The summed E-state index contributed by atoms with van der Waals surface area (Å²) in [5.41, 5.74) is 0. The summed E-state index contributed by atoms with van der Waals surface area (Å²) in [6.07, 6.45) is 3.32. The van der Waals surface area contributed by atoms with Crippen molar-refractivity contribution < 1.29 is 9.21 Å². The minimum atomic E-state index is -0.547. The van der Waals surface area contributed by atoms with Crippen LogP contribution in [0.5, 0.6) is 0 Å². The molecule has 0 bridgehead atoms. The number of rotatable bonds is 2. The first kappa shape index (κ1) is 12.8. The molecule has 96 valence electrons. The molecule has 1 aliphatic heterocycles. The van der Waals surface area contributed by atoms with E-state index in [-0.39, 0.29) is 5.78 Å². The molecular formula is C12H7BrN2O2S2. The Labute approximate surface area is 125 Å². The zero-order chi connectivity index (χ0) is 13.4. The van der Waals surface area contributed by atoms with Crippen LogP contribution in [-0.2, 0) is 4.79 Å². The third-order valence-electron chi connectivity index (χ3n) is 2.55. The van der Waals surface area contributed by atoms with E-state index in [1.807, 2.05) is 5.38 Å². The topological polar surface area (TPSA) is 67.0 Å². The van der Waals surface area contributed by atoms with E-state index in [1.165, 1.54) is 23.1 Å². The van der Waals surface area contributed by atoms with Crippen molar-refractivity contribution in [2.45, 2.75) is 5.92 Å². The lowest BCUT2D eigenvalue weighted by Crippen LogP contribution is -2.11. The Morgan fingerprint density at radius 3 is 2.95 bits per heavy atom. The average Bonchev–Trinajstić information content (AvgIpc) is 3.04. The van der Waals surface area contributed by atoms with Crippen LogP contribution in [0.1, 0.15) is 16.7 Å². The number of hydrogen-bond acceptors (Lipinski definition) is 6. The second-order valence-electron chi connectivity index (χ2n) is 3.78. The van der Waals surface area contributed by atoms with Crippen molar-refractivity contribution in [3.8, 4) is 0 Å². The maximum atomic E-state index is 12.3. The van der Waals surface area contributed by atoms with Gasteiger partial charge in [0.05, 0.1) is 9.95 Å². The van der Waals surface area contributed by atoms with Gasteiger partial charge in [-0.15, -0.1) is 11.3 Å². The van der Waals surface area contributed by atoms with Crippen molar-refractivity contribution in [3.05, 3.63) is 44.1 Å². The third kappa shape index (κ3) is 2.45. The molecule has 0 spiro atoms. The molecule has 0 radical (unpaired) electrons. The Morgan fingerprint density at radius 2 is 2.32 bits per heavy atom. The standard InChI is InChI=1S/C12H7BrN2O2S2/c13-8-2-1-6(17-8)5-7-10(16)9(11(14)19-7)12-15-3-4-18-12/h1-5,9,14H/b7-5-,14-11?/t9-/m0/s1. The van der Waals surface area contributed by atoms with Crippen molar-refractivity contribution in [2.75, 3.05) is 0 Å². The number of allylic oxidation sites excluding steroid dienone is 1. The highest BCUT2D eigenvalue weighted by Crippen LogP contribution is 2.41. The highest BCUT2D eigenvalue weighted by atomic mass is 79.9. The van der Waals surface area contributed by atoms with Crippen LogP contribution in [-0.4, -0.2) is 15.8 Å². The lowest BCUT2D eigenvalue weighted by molar-refractivity contribution is -0.114. The predicted octanol–water partition coefficient (Wildman–Crippen LogP) is 3.92. The van der Waals surface area contributed by atoms with Crippen LogP contribution in [0.2, 0.25) is 0 Å². The first-order chi connectivity index (χ1) is 9.15. The van der Waals surface area contributed by atoms with Crippen LogP contribution >= 0.6 is 39.0 Å². The Bertz CT molecular complexity index is 676. The van der Waals surface area contributed by atoms with E-state index < -0.39 is 5.92 Å². The summed E-state index contributed by atoms with van der Waals surface area (Å²) in [6, 6.07) is 3.53. The number of furan rings is 1. The van der Waals surface area contributed by atoms with Gasteiger partial charge in [0.25, 0.3) is 0 Å². The molecule has 0 saturated carbocycles. The molecule has 1 aliphatic rings. The summed E-state index contributed by atoms with van der Waals surface area (Å²) in [6.45, 7) is 0.